The number of rotatable bonds is 8. The van der Waals surface area contributed by atoms with Gasteiger partial charge in [-0.15, -0.1) is 0 Å². The number of carbonyl (C=O) groups is 1. The number of ether oxygens (including phenoxy) is 1. The van der Waals surface area contributed by atoms with Crippen molar-refractivity contribution < 1.29 is 23.1 Å². The van der Waals surface area contributed by atoms with Gasteiger partial charge in [0.2, 0.25) is 10.0 Å². The van der Waals surface area contributed by atoms with E-state index in [-0.39, 0.29) is 23.6 Å². The standard InChI is InChI=1S/C21H18ClNO5S/c22-18-11-10-17(13-23-29(26,27)19-4-2-1-3-5-19)20(12-18)28-14-15-6-8-16(9-7-15)21(24)25/h1-12,23H,13-14H2,(H,24,25). The van der Waals surface area contributed by atoms with Crippen molar-refractivity contribution in [3.05, 3.63) is 94.5 Å². The van der Waals surface area contributed by atoms with E-state index in [4.69, 9.17) is 21.4 Å². The first-order chi connectivity index (χ1) is 13.8. The molecule has 0 aliphatic heterocycles. The summed E-state index contributed by atoms with van der Waals surface area (Å²) in [4.78, 5) is 11.1. The maximum Gasteiger partial charge on any atom is 0.335 e. The fourth-order valence-corrected chi connectivity index (χ4v) is 3.76. The molecule has 0 aliphatic carbocycles. The van der Waals surface area contributed by atoms with Crippen LogP contribution in [0.25, 0.3) is 0 Å². The summed E-state index contributed by atoms with van der Waals surface area (Å²) >= 11 is 6.06. The predicted molar refractivity (Wildman–Crippen MR) is 110 cm³/mol. The molecule has 0 fully saturated rings. The van der Waals surface area contributed by atoms with Crippen molar-refractivity contribution in [1.82, 2.24) is 4.72 Å². The van der Waals surface area contributed by atoms with E-state index in [2.05, 4.69) is 4.72 Å². The maximum absolute atomic E-state index is 12.4. The molecule has 0 heterocycles. The van der Waals surface area contributed by atoms with E-state index in [1.54, 1.807) is 48.5 Å². The summed E-state index contributed by atoms with van der Waals surface area (Å²) in [6, 6.07) is 19.3. The highest BCUT2D eigenvalue weighted by molar-refractivity contribution is 7.89. The smallest absolute Gasteiger partial charge is 0.335 e. The summed E-state index contributed by atoms with van der Waals surface area (Å²) in [6.07, 6.45) is 0. The van der Waals surface area contributed by atoms with Gasteiger partial charge in [0.25, 0.3) is 0 Å². The Morgan fingerprint density at radius 1 is 1.00 bits per heavy atom. The molecular weight excluding hydrogens is 414 g/mol. The lowest BCUT2D eigenvalue weighted by atomic mass is 10.1. The van der Waals surface area contributed by atoms with Gasteiger partial charge in [-0.1, -0.05) is 48.0 Å². The topological polar surface area (TPSA) is 92.7 Å². The molecule has 2 N–H and O–H groups in total. The third-order valence-corrected chi connectivity index (χ3v) is 5.78. The zero-order chi connectivity index (χ0) is 20.9. The van der Waals surface area contributed by atoms with E-state index < -0.39 is 16.0 Å². The van der Waals surface area contributed by atoms with Gasteiger partial charge in [-0.25, -0.2) is 17.9 Å². The minimum absolute atomic E-state index is 0.0294. The molecule has 0 radical (unpaired) electrons. The molecule has 0 spiro atoms. The van der Waals surface area contributed by atoms with Gasteiger partial charge >= 0.3 is 5.97 Å². The number of aromatic carboxylic acids is 1. The van der Waals surface area contributed by atoms with Crippen molar-refractivity contribution in [2.45, 2.75) is 18.0 Å². The largest absolute Gasteiger partial charge is 0.489 e. The Morgan fingerprint density at radius 3 is 2.34 bits per heavy atom. The Morgan fingerprint density at radius 2 is 1.69 bits per heavy atom. The van der Waals surface area contributed by atoms with Crippen LogP contribution in [0.1, 0.15) is 21.5 Å². The second-order valence-corrected chi connectivity index (χ2v) is 8.38. The van der Waals surface area contributed by atoms with Gasteiger partial charge in [0.05, 0.1) is 10.5 Å². The van der Waals surface area contributed by atoms with E-state index >= 15 is 0 Å². The number of benzene rings is 3. The van der Waals surface area contributed by atoms with Crippen LogP contribution < -0.4 is 9.46 Å². The number of carboxylic acids is 1. The summed E-state index contributed by atoms with van der Waals surface area (Å²) in [5.74, 6) is -0.559. The Kier molecular flexibility index (Phi) is 6.53. The van der Waals surface area contributed by atoms with E-state index in [0.29, 0.717) is 16.3 Å². The second-order valence-electron chi connectivity index (χ2n) is 6.18. The summed E-state index contributed by atoms with van der Waals surface area (Å²) in [6.45, 7) is 0.209. The van der Waals surface area contributed by atoms with Crippen molar-refractivity contribution in [1.29, 1.82) is 0 Å². The maximum atomic E-state index is 12.4. The number of sulfonamides is 1. The van der Waals surface area contributed by atoms with Crippen molar-refractivity contribution in [3.63, 3.8) is 0 Å². The Hall–Kier alpha value is -2.87. The summed E-state index contributed by atoms with van der Waals surface area (Å²) in [7, 11) is -3.66. The normalized spacial score (nSPS) is 11.2. The third-order valence-electron chi connectivity index (χ3n) is 4.13. The highest BCUT2D eigenvalue weighted by atomic mass is 35.5. The highest BCUT2D eigenvalue weighted by Crippen LogP contribution is 2.25. The lowest BCUT2D eigenvalue weighted by Gasteiger charge is -2.13. The summed E-state index contributed by atoms with van der Waals surface area (Å²) in [5, 5.41) is 9.41. The van der Waals surface area contributed by atoms with Gasteiger partial charge in [-0.05, 0) is 42.0 Å². The molecule has 8 heteroatoms. The molecule has 0 saturated carbocycles. The highest BCUT2D eigenvalue weighted by Gasteiger charge is 2.15. The van der Waals surface area contributed by atoms with Crippen LogP contribution in [0.2, 0.25) is 5.02 Å². The molecule has 3 aromatic rings. The molecule has 6 nitrogen and oxygen atoms in total. The second kappa shape index (κ2) is 9.09. The van der Waals surface area contributed by atoms with E-state index in [1.807, 2.05) is 0 Å². The molecule has 150 valence electrons. The molecule has 3 aromatic carbocycles. The number of nitrogens with one attached hydrogen (secondary N) is 1. The van der Waals surface area contributed by atoms with Gasteiger partial charge in [-0.2, -0.15) is 0 Å². The molecule has 3 rings (SSSR count). The molecule has 0 aliphatic rings. The molecule has 0 bridgehead atoms. The average molecular weight is 432 g/mol. The number of halogens is 1. The van der Waals surface area contributed by atoms with Crippen LogP contribution in [0.5, 0.6) is 5.75 Å². The van der Waals surface area contributed by atoms with Crippen LogP contribution in [0, 0.1) is 0 Å². The quantitative estimate of drug-likeness (QED) is 0.560. The van der Waals surface area contributed by atoms with Crippen LogP contribution >= 0.6 is 11.6 Å². The van der Waals surface area contributed by atoms with E-state index in [1.165, 1.54) is 24.3 Å². The first-order valence-corrected chi connectivity index (χ1v) is 10.5. The Balaban J connectivity index is 1.71. The molecule has 0 atom stereocenters. The third kappa shape index (κ3) is 5.57. The molecular formula is C21H18ClNO5S. The van der Waals surface area contributed by atoms with Crippen LogP contribution in [0.3, 0.4) is 0 Å². The monoisotopic (exact) mass is 431 g/mol. The molecule has 0 amide bonds. The van der Waals surface area contributed by atoms with Gasteiger partial charge < -0.3 is 9.84 Å². The number of hydrogen-bond acceptors (Lipinski definition) is 4. The van der Waals surface area contributed by atoms with Crippen LogP contribution in [-0.2, 0) is 23.2 Å². The first kappa shape index (κ1) is 20.9. The van der Waals surface area contributed by atoms with E-state index in [0.717, 1.165) is 5.56 Å². The number of hydrogen-bond donors (Lipinski definition) is 2. The van der Waals surface area contributed by atoms with Crippen LogP contribution in [0.15, 0.2) is 77.7 Å². The lowest BCUT2D eigenvalue weighted by molar-refractivity contribution is 0.0697. The molecule has 0 aromatic heterocycles. The van der Waals surface area contributed by atoms with E-state index in [9.17, 15) is 13.2 Å². The van der Waals surface area contributed by atoms with Gasteiger partial charge in [-0.3, -0.25) is 0 Å². The van der Waals surface area contributed by atoms with Crippen molar-refractivity contribution in [2.75, 3.05) is 0 Å². The lowest BCUT2D eigenvalue weighted by Crippen LogP contribution is -2.23. The summed E-state index contributed by atoms with van der Waals surface area (Å²) in [5.41, 5.74) is 1.58. The Bertz CT molecular complexity index is 1100. The molecule has 0 saturated heterocycles. The van der Waals surface area contributed by atoms with Gasteiger partial charge in [0, 0.05) is 17.1 Å². The zero-order valence-electron chi connectivity index (χ0n) is 15.2. The van der Waals surface area contributed by atoms with Gasteiger partial charge in [0.15, 0.2) is 0 Å². The van der Waals surface area contributed by atoms with Crippen LogP contribution in [0.4, 0.5) is 0 Å². The minimum Gasteiger partial charge on any atom is -0.489 e. The fraction of sp³-hybridized carbons (Fsp3) is 0.0952. The van der Waals surface area contributed by atoms with Crippen molar-refractivity contribution in [3.8, 4) is 5.75 Å². The minimum atomic E-state index is -3.66. The van der Waals surface area contributed by atoms with Gasteiger partial charge in [0.1, 0.15) is 12.4 Å². The van der Waals surface area contributed by atoms with Crippen molar-refractivity contribution >= 4 is 27.6 Å². The SMILES string of the molecule is O=C(O)c1ccc(COc2cc(Cl)ccc2CNS(=O)(=O)c2ccccc2)cc1. The zero-order valence-corrected chi connectivity index (χ0v) is 16.8. The molecule has 0 unspecified atom stereocenters. The fourth-order valence-electron chi connectivity index (χ4n) is 2.57. The predicted octanol–water partition coefficient (Wildman–Crippen LogP) is 4.10. The average Bonchev–Trinajstić information content (AvgIpc) is 2.72. The van der Waals surface area contributed by atoms with Crippen molar-refractivity contribution in [2.24, 2.45) is 0 Å². The Labute approximate surface area is 173 Å². The molecule has 29 heavy (non-hydrogen) atoms. The first-order valence-electron chi connectivity index (χ1n) is 8.63. The summed E-state index contributed by atoms with van der Waals surface area (Å²) < 4.78 is 33.2. The van der Waals surface area contributed by atoms with Crippen LogP contribution in [-0.4, -0.2) is 19.5 Å². The number of carboxylic acid groups (broad SMARTS) is 1.